The maximum Gasteiger partial charge on any atom is 2.00 e. The first-order chi connectivity index (χ1) is 3.77. The fraction of sp³-hybridized carbons (Fsp3) is 0.800. The molecule has 0 rings (SSSR count). The summed E-state index contributed by atoms with van der Waals surface area (Å²) in [6.07, 6.45) is 1.81. The van der Waals surface area contributed by atoms with Crippen molar-refractivity contribution in [3.05, 3.63) is 0 Å². The van der Waals surface area contributed by atoms with Crippen molar-refractivity contribution in [2.45, 2.75) is 19.3 Å². The summed E-state index contributed by atoms with van der Waals surface area (Å²) in [5, 5.41) is 10.6. The van der Waals surface area contributed by atoms with Crippen molar-refractivity contribution < 1.29 is 22.3 Å². The molecule has 0 aliphatic carbocycles. The van der Waals surface area contributed by atoms with E-state index in [1.54, 1.807) is 0 Å². The number of aliphatic carboxylic acids is 1. The normalized spacial score (nSPS) is 7.30. The topological polar surface area (TPSA) is 40.1 Å². The van der Waals surface area contributed by atoms with Crippen molar-refractivity contribution in [1.29, 1.82) is 0 Å². The largest absolute Gasteiger partial charge is 2.00 e. The molecule has 0 bridgehead atoms. The molecule has 0 amide bonds. The van der Waals surface area contributed by atoms with Crippen LogP contribution in [-0.4, -0.2) is 34.4 Å². The first-order valence-electron chi connectivity index (χ1n) is 2.53. The number of halogens is 2. The van der Waals surface area contributed by atoms with Gasteiger partial charge in [0.25, 0.3) is 0 Å². The van der Waals surface area contributed by atoms with Crippen LogP contribution in [0.15, 0.2) is 0 Å². The standard InChI is InChI=1S/C5H9BrO2.ClH.Mg/c6-4-2-1-3-5(7)8;;/h1-4H2,(H,7,8);1H;/q;;+2/p-2. The van der Waals surface area contributed by atoms with Crippen molar-refractivity contribution in [3.8, 4) is 0 Å². The molecular formula is C5H8BrClMgO2. The molecule has 0 aromatic heterocycles. The van der Waals surface area contributed by atoms with E-state index in [2.05, 4.69) is 15.9 Å². The maximum atomic E-state index is 9.75. The van der Waals surface area contributed by atoms with Gasteiger partial charge < -0.3 is 22.3 Å². The van der Waals surface area contributed by atoms with Gasteiger partial charge >= 0.3 is 23.1 Å². The monoisotopic (exact) mass is 238 g/mol. The second-order valence-corrected chi connectivity index (χ2v) is 2.31. The third-order valence-corrected chi connectivity index (χ3v) is 1.33. The molecule has 0 aromatic carbocycles. The van der Waals surface area contributed by atoms with Gasteiger partial charge in [-0.1, -0.05) is 15.9 Å². The van der Waals surface area contributed by atoms with Crippen LogP contribution in [0.2, 0.25) is 0 Å². The summed E-state index contributed by atoms with van der Waals surface area (Å²) >= 11 is 3.19. The summed E-state index contributed by atoms with van der Waals surface area (Å²) in [5.41, 5.74) is 0. The number of carboxylic acid groups (broad SMARTS) is 1. The number of rotatable bonds is 4. The predicted molar refractivity (Wildman–Crippen MR) is 38.4 cm³/mol. The van der Waals surface area contributed by atoms with Gasteiger partial charge in [-0.25, -0.2) is 0 Å². The maximum absolute atomic E-state index is 9.75. The van der Waals surface area contributed by atoms with E-state index in [1.165, 1.54) is 0 Å². The van der Waals surface area contributed by atoms with Crippen molar-refractivity contribution in [2.24, 2.45) is 0 Å². The number of hydrogen-bond acceptors (Lipinski definition) is 2. The molecule has 5 heteroatoms. The Morgan fingerprint density at radius 3 is 2.20 bits per heavy atom. The van der Waals surface area contributed by atoms with Crippen LogP contribution >= 0.6 is 15.9 Å². The first kappa shape index (κ1) is 17.2. The van der Waals surface area contributed by atoms with E-state index in [-0.39, 0.29) is 41.9 Å². The third kappa shape index (κ3) is 16.0. The average Bonchev–Trinajstić information content (AvgIpc) is 1.66. The SMILES string of the molecule is O=C([O-])CCCCBr.[Cl-].[Mg+2]. The quantitative estimate of drug-likeness (QED) is 0.297. The summed E-state index contributed by atoms with van der Waals surface area (Å²) in [6.45, 7) is 0. The van der Waals surface area contributed by atoms with Crippen LogP contribution in [0.3, 0.4) is 0 Å². The molecule has 56 valence electrons. The summed E-state index contributed by atoms with van der Waals surface area (Å²) in [5.74, 6) is -0.953. The summed E-state index contributed by atoms with van der Waals surface area (Å²) in [7, 11) is 0. The van der Waals surface area contributed by atoms with Gasteiger partial charge in [0, 0.05) is 11.3 Å². The van der Waals surface area contributed by atoms with Crippen LogP contribution in [0.25, 0.3) is 0 Å². The van der Waals surface area contributed by atoms with Gasteiger partial charge in [-0.3, -0.25) is 0 Å². The first-order valence-corrected chi connectivity index (χ1v) is 3.65. The molecule has 0 spiro atoms. The minimum absolute atomic E-state index is 0. The molecular weight excluding hydrogens is 232 g/mol. The Kier molecular flexibility index (Phi) is 21.8. The van der Waals surface area contributed by atoms with Gasteiger partial charge in [-0.05, 0) is 19.3 Å². The summed E-state index contributed by atoms with van der Waals surface area (Å²) < 4.78 is 0. The Hall–Kier alpha value is 1.01. The number of alkyl halides is 1. The molecule has 0 saturated heterocycles. The van der Waals surface area contributed by atoms with E-state index in [4.69, 9.17) is 0 Å². The Morgan fingerprint density at radius 1 is 1.40 bits per heavy atom. The number of carboxylic acids is 1. The molecule has 0 N–H and O–H groups in total. The molecule has 0 aliphatic rings. The molecule has 0 radical (unpaired) electrons. The molecule has 10 heavy (non-hydrogen) atoms. The van der Waals surface area contributed by atoms with E-state index in [1.807, 2.05) is 0 Å². The Morgan fingerprint density at radius 2 is 1.90 bits per heavy atom. The zero-order valence-corrected chi connectivity index (χ0v) is 9.36. The van der Waals surface area contributed by atoms with Crippen molar-refractivity contribution in [3.63, 3.8) is 0 Å². The predicted octanol–water partition coefficient (Wildman–Crippen LogP) is -3.08. The third-order valence-electron chi connectivity index (χ3n) is 0.765. The smallest absolute Gasteiger partial charge is 1.00 e. The van der Waals surface area contributed by atoms with Gasteiger partial charge in [-0.15, -0.1) is 0 Å². The molecule has 0 heterocycles. The summed E-state index contributed by atoms with van der Waals surface area (Å²) in [6, 6.07) is 0. The van der Waals surface area contributed by atoms with Gasteiger partial charge in [0.1, 0.15) is 0 Å². The van der Waals surface area contributed by atoms with E-state index in [0.29, 0.717) is 6.42 Å². The van der Waals surface area contributed by atoms with E-state index >= 15 is 0 Å². The van der Waals surface area contributed by atoms with E-state index in [0.717, 1.165) is 11.8 Å². The van der Waals surface area contributed by atoms with Gasteiger partial charge in [-0.2, -0.15) is 0 Å². The van der Waals surface area contributed by atoms with Crippen molar-refractivity contribution >= 4 is 45.0 Å². The number of carbonyl (C=O) groups is 1. The molecule has 0 fully saturated rings. The second kappa shape index (κ2) is 12.7. The van der Waals surface area contributed by atoms with Crippen LogP contribution in [0.4, 0.5) is 0 Å². The Labute approximate surface area is 91.4 Å². The second-order valence-electron chi connectivity index (χ2n) is 1.52. The van der Waals surface area contributed by atoms with Crippen LogP contribution in [-0.2, 0) is 4.79 Å². The fourth-order valence-electron chi connectivity index (χ4n) is 0.364. The molecule has 0 aromatic rings. The van der Waals surface area contributed by atoms with E-state index < -0.39 is 5.97 Å². The zero-order valence-electron chi connectivity index (χ0n) is 5.61. The minimum Gasteiger partial charge on any atom is -1.00 e. The molecule has 0 unspecified atom stereocenters. The van der Waals surface area contributed by atoms with Crippen LogP contribution in [0, 0.1) is 0 Å². The van der Waals surface area contributed by atoms with Gasteiger partial charge in [0.2, 0.25) is 0 Å². The number of unbranched alkanes of at least 4 members (excludes halogenated alkanes) is 1. The van der Waals surface area contributed by atoms with E-state index in [9.17, 15) is 9.90 Å². The average molecular weight is 240 g/mol. The number of hydrogen-bond donors (Lipinski definition) is 0. The Balaban J connectivity index is -0.000000245. The van der Waals surface area contributed by atoms with Gasteiger partial charge in [0.05, 0.1) is 0 Å². The Bertz CT molecular complexity index is 82.0. The molecule has 0 aliphatic heterocycles. The molecule has 2 nitrogen and oxygen atoms in total. The minimum atomic E-state index is -0.953. The van der Waals surface area contributed by atoms with Crippen LogP contribution in [0.1, 0.15) is 19.3 Å². The van der Waals surface area contributed by atoms with Crippen LogP contribution in [0.5, 0.6) is 0 Å². The van der Waals surface area contributed by atoms with Crippen molar-refractivity contribution in [2.75, 3.05) is 5.33 Å². The van der Waals surface area contributed by atoms with Crippen LogP contribution < -0.4 is 17.5 Å². The van der Waals surface area contributed by atoms with Crippen molar-refractivity contribution in [1.82, 2.24) is 0 Å². The van der Waals surface area contributed by atoms with Gasteiger partial charge in [0.15, 0.2) is 0 Å². The fourth-order valence-corrected chi connectivity index (χ4v) is 0.760. The summed E-state index contributed by atoms with van der Waals surface area (Å²) in [4.78, 5) is 9.75. The number of carbonyl (C=O) groups excluding carboxylic acids is 1. The molecule has 0 saturated carbocycles. The molecule has 0 atom stereocenters. The zero-order chi connectivity index (χ0) is 6.41.